The molecule has 0 atom stereocenters. The zero-order valence-electron chi connectivity index (χ0n) is 15.4. The zero-order valence-corrected chi connectivity index (χ0v) is 16.1. The van der Waals surface area contributed by atoms with Crippen LogP contribution >= 0.6 is 11.6 Å². The highest BCUT2D eigenvalue weighted by atomic mass is 35.5. The molecule has 2 heterocycles. The van der Waals surface area contributed by atoms with E-state index in [1.165, 1.54) is 18.2 Å². The molecule has 2 aliphatic heterocycles. The van der Waals surface area contributed by atoms with Crippen LogP contribution in [0.25, 0.3) is 0 Å². The van der Waals surface area contributed by atoms with Crippen LogP contribution in [-0.4, -0.2) is 43.0 Å². The average Bonchev–Trinajstić information content (AvgIpc) is 2.70. The van der Waals surface area contributed by atoms with E-state index in [1.807, 2.05) is 4.90 Å². The smallest absolute Gasteiger partial charge is 0.225 e. The third-order valence-electron chi connectivity index (χ3n) is 5.48. The van der Waals surface area contributed by atoms with Crippen molar-refractivity contribution in [1.82, 2.24) is 4.90 Å². The SMILES string of the molecule is O=C(CCC1CCN(C(=O)C2CCOCC2)CC1)Nc1ccc(F)c(Cl)c1. The van der Waals surface area contributed by atoms with Crippen molar-refractivity contribution in [3.8, 4) is 0 Å². The first kappa shape index (κ1) is 20.1. The summed E-state index contributed by atoms with van der Waals surface area (Å²) in [6, 6.07) is 4.15. The number of hydrogen-bond donors (Lipinski definition) is 1. The van der Waals surface area contributed by atoms with Crippen LogP contribution in [0, 0.1) is 17.7 Å². The van der Waals surface area contributed by atoms with Gasteiger partial charge in [0.2, 0.25) is 11.8 Å². The molecular formula is C20H26ClFN2O3. The predicted octanol–water partition coefficient (Wildman–Crippen LogP) is 3.86. The zero-order chi connectivity index (χ0) is 19.2. The van der Waals surface area contributed by atoms with Crippen LogP contribution in [0.1, 0.15) is 38.5 Å². The summed E-state index contributed by atoms with van der Waals surface area (Å²) >= 11 is 5.73. The van der Waals surface area contributed by atoms with Crippen molar-refractivity contribution in [2.75, 3.05) is 31.6 Å². The van der Waals surface area contributed by atoms with E-state index in [-0.39, 0.29) is 22.8 Å². The number of halogens is 2. The van der Waals surface area contributed by atoms with Gasteiger partial charge in [-0.25, -0.2) is 4.39 Å². The van der Waals surface area contributed by atoms with Gasteiger partial charge in [-0.2, -0.15) is 0 Å². The summed E-state index contributed by atoms with van der Waals surface area (Å²) in [4.78, 5) is 26.6. The van der Waals surface area contributed by atoms with E-state index >= 15 is 0 Å². The highest BCUT2D eigenvalue weighted by molar-refractivity contribution is 6.31. The second-order valence-corrected chi connectivity index (χ2v) is 7.78. The number of nitrogens with zero attached hydrogens (tertiary/aromatic N) is 1. The molecule has 0 aromatic heterocycles. The first-order chi connectivity index (χ1) is 13.0. The second kappa shape index (κ2) is 9.51. The predicted molar refractivity (Wildman–Crippen MR) is 102 cm³/mol. The van der Waals surface area contributed by atoms with Crippen LogP contribution in [0.4, 0.5) is 10.1 Å². The molecule has 2 fully saturated rings. The summed E-state index contributed by atoms with van der Waals surface area (Å²) in [5, 5.41) is 2.75. The summed E-state index contributed by atoms with van der Waals surface area (Å²) in [5.41, 5.74) is 0.503. The van der Waals surface area contributed by atoms with Gasteiger partial charge >= 0.3 is 0 Å². The van der Waals surface area contributed by atoms with Gasteiger partial charge in [0, 0.05) is 44.3 Å². The van der Waals surface area contributed by atoms with Crippen molar-refractivity contribution in [3.05, 3.63) is 29.0 Å². The number of nitrogens with one attached hydrogen (secondary N) is 1. The standard InChI is InChI=1S/C20H26ClFN2O3/c21-17-13-16(2-3-18(17)22)23-19(25)4-1-14-5-9-24(10-6-14)20(26)15-7-11-27-12-8-15/h2-3,13-15H,1,4-12H2,(H,23,25). The van der Waals surface area contributed by atoms with E-state index in [0.717, 1.165) is 45.2 Å². The summed E-state index contributed by atoms with van der Waals surface area (Å²) in [6.07, 6.45) is 4.72. The molecular weight excluding hydrogens is 371 g/mol. The fraction of sp³-hybridized carbons (Fsp3) is 0.600. The lowest BCUT2D eigenvalue weighted by Gasteiger charge is -2.35. The van der Waals surface area contributed by atoms with E-state index < -0.39 is 5.82 Å². The van der Waals surface area contributed by atoms with E-state index in [9.17, 15) is 14.0 Å². The lowest BCUT2D eigenvalue weighted by Crippen LogP contribution is -2.43. The number of carbonyl (C=O) groups is 2. The molecule has 0 saturated carbocycles. The number of amides is 2. The highest BCUT2D eigenvalue weighted by Crippen LogP contribution is 2.26. The Morgan fingerprint density at radius 3 is 2.56 bits per heavy atom. The largest absolute Gasteiger partial charge is 0.381 e. The summed E-state index contributed by atoms with van der Waals surface area (Å²) < 4.78 is 18.5. The quantitative estimate of drug-likeness (QED) is 0.822. The Morgan fingerprint density at radius 2 is 1.89 bits per heavy atom. The Hall–Kier alpha value is -1.66. The summed E-state index contributed by atoms with van der Waals surface area (Å²) in [7, 11) is 0. The number of rotatable bonds is 5. The molecule has 1 aromatic carbocycles. The van der Waals surface area contributed by atoms with Gasteiger partial charge in [0.25, 0.3) is 0 Å². The molecule has 0 aliphatic carbocycles. The Kier molecular flexibility index (Phi) is 7.07. The molecule has 2 amide bonds. The first-order valence-electron chi connectivity index (χ1n) is 9.64. The van der Waals surface area contributed by atoms with Crippen molar-refractivity contribution >= 4 is 29.1 Å². The third kappa shape index (κ3) is 5.66. The number of hydrogen-bond acceptors (Lipinski definition) is 3. The third-order valence-corrected chi connectivity index (χ3v) is 5.77. The van der Waals surface area contributed by atoms with Gasteiger partial charge in [-0.15, -0.1) is 0 Å². The second-order valence-electron chi connectivity index (χ2n) is 7.37. The van der Waals surface area contributed by atoms with Crippen LogP contribution in [0.15, 0.2) is 18.2 Å². The number of likely N-dealkylation sites (tertiary alicyclic amines) is 1. The van der Waals surface area contributed by atoms with Crippen molar-refractivity contribution in [2.45, 2.75) is 38.5 Å². The summed E-state index contributed by atoms with van der Waals surface area (Å²) in [6.45, 7) is 2.91. The Morgan fingerprint density at radius 1 is 1.19 bits per heavy atom. The lowest BCUT2D eigenvalue weighted by atomic mass is 9.90. The minimum absolute atomic E-state index is 0.00522. The Labute approximate surface area is 164 Å². The summed E-state index contributed by atoms with van der Waals surface area (Å²) in [5.74, 6) is 0.229. The molecule has 0 bridgehead atoms. The number of anilines is 1. The van der Waals surface area contributed by atoms with E-state index in [1.54, 1.807) is 0 Å². The molecule has 1 N–H and O–H groups in total. The van der Waals surface area contributed by atoms with Gasteiger partial charge in [0.15, 0.2) is 0 Å². The molecule has 2 saturated heterocycles. The number of ether oxygens (including phenoxy) is 1. The number of carbonyl (C=O) groups excluding carboxylic acids is 2. The van der Waals surface area contributed by atoms with Gasteiger partial charge in [0.1, 0.15) is 5.82 Å². The van der Waals surface area contributed by atoms with Crippen LogP contribution < -0.4 is 5.32 Å². The Bertz CT molecular complexity index is 671. The molecule has 7 heteroatoms. The van der Waals surface area contributed by atoms with Gasteiger partial charge < -0.3 is 15.0 Å². The van der Waals surface area contributed by atoms with Crippen LogP contribution in [-0.2, 0) is 14.3 Å². The fourth-order valence-electron chi connectivity index (χ4n) is 3.78. The average molecular weight is 397 g/mol. The minimum Gasteiger partial charge on any atom is -0.381 e. The van der Waals surface area contributed by atoms with E-state index in [4.69, 9.17) is 16.3 Å². The monoisotopic (exact) mass is 396 g/mol. The van der Waals surface area contributed by atoms with Crippen LogP contribution in [0.3, 0.4) is 0 Å². The molecule has 3 rings (SSSR count). The normalized spacial score (nSPS) is 19.1. The fourth-order valence-corrected chi connectivity index (χ4v) is 3.96. The maximum atomic E-state index is 13.2. The van der Waals surface area contributed by atoms with Gasteiger partial charge in [-0.3, -0.25) is 9.59 Å². The molecule has 27 heavy (non-hydrogen) atoms. The molecule has 5 nitrogen and oxygen atoms in total. The van der Waals surface area contributed by atoms with Crippen molar-refractivity contribution in [1.29, 1.82) is 0 Å². The van der Waals surface area contributed by atoms with Crippen LogP contribution in [0.2, 0.25) is 5.02 Å². The molecule has 1 aromatic rings. The number of piperidine rings is 1. The van der Waals surface area contributed by atoms with Crippen LogP contribution in [0.5, 0.6) is 0 Å². The van der Waals surface area contributed by atoms with Crippen molar-refractivity contribution in [2.24, 2.45) is 11.8 Å². The lowest BCUT2D eigenvalue weighted by molar-refractivity contribution is -0.140. The minimum atomic E-state index is -0.503. The first-order valence-corrected chi connectivity index (χ1v) is 10.0. The molecule has 0 unspecified atom stereocenters. The topological polar surface area (TPSA) is 58.6 Å². The van der Waals surface area contributed by atoms with Crippen molar-refractivity contribution in [3.63, 3.8) is 0 Å². The highest BCUT2D eigenvalue weighted by Gasteiger charge is 2.29. The van der Waals surface area contributed by atoms with Gasteiger partial charge in [-0.1, -0.05) is 11.6 Å². The Balaban J connectivity index is 1.38. The van der Waals surface area contributed by atoms with Crippen molar-refractivity contribution < 1.29 is 18.7 Å². The maximum absolute atomic E-state index is 13.2. The molecule has 2 aliphatic rings. The number of benzene rings is 1. The maximum Gasteiger partial charge on any atom is 0.225 e. The molecule has 148 valence electrons. The van der Waals surface area contributed by atoms with E-state index in [0.29, 0.717) is 31.2 Å². The van der Waals surface area contributed by atoms with Gasteiger partial charge in [0.05, 0.1) is 5.02 Å². The van der Waals surface area contributed by atoms with Gasteiger partial charge in [-0.05, 0) is 56.2 Å². The molecule has 0 spiro atoms. The van der Waals surface area contributed by atoms with E-state index in [2.05, 4.69) is 5.32 Å². The molecule has 0 radical (unpaired) electrons.